The Labute approximate surface area is 119 Å². The third-order valence-electron chi connectivity index (χ3n) is 3.00. The number of nitrogens with one attached hydrogen (secondary N) is 1. The van der Waals surface area contributed by atoms with Gasteiger partial charge in [-0.1, -0.05) is 0 Å². The number of carboxylic acid groups (broad SMARTS) is 1. The molecular weight excluding hydrogens is 278 g/mol. The molecule has 1 aliphatic rings. The van der Waals surface area contributed by atoms with Crippen molar-refractivity contribution in [1.29, 1.82) is 0 Å². The molecule has 0 radical (unpaired) electrons. The molecule has 2 rings (SSSR count). The number of aromatic carboxylic acids is 1. The summed E-state index contributed by atoms with van der Waals surface area (Å²) in [6, 6.07) is 2.91. The number of carbonyl (C=O) groups excluding carboxylic acids is 3. The molecule has 0 spiro atoms. The second-order valence-electron chi connectivity index (χ2n) is 4.44. The van der Waals surface area contributed by atoms with Gasteiger partial charge in [0.1, 0.15) is 0 Å². The number of hydrogen-bond acceptors (Lipinski definition) is 5. The smallest absolute Gasteiger partial charge is 0.356 e. The normalized spacial score (nSPS) is 14.4. The topological polar surface area (TPSA) is 117 Å². The van der Waals surface area contributed by atoms with E-state index in [4.69, 9.17) is 5.11 Å². The molecule has 0 bridgehead atoms. The summed E-state index contributed by atoms with van der Waals surface area (Å²) in [7, 11) is 0. The number of pyridine rings is 1. The second kappa shape index (κ2) is 6.12. The van der Waals surface area contributed by atoms with Crippen LogP contribution in [0, 0.1) is 0 Å². The highest BCUT2D eigenvalue weighted by molar-refractivity contribution is 6.03. The van der Waals surface area contributed by atoms with Crippen LogP contribution in [0.4, 0.5) is 5.69 Å². The lowest BCUT2D eigenvalue weighted by Crippen LogP contribution is -2.32. The zero-order chi connectivity index (χ0) is 15.4. The van der Waals surface area contributed by atoms with E-state index in [2.05, 4.69) is 10.3 Å². The van der Waals surface area contributed by atoms with Gasteiger partial charge in [0.2, 0.25) is 17.7 Å². The first-order valence-electron chi connectivity index (χ1n) is 6.30. The SMILES string of the molecule is O=C(CCN1C(=O)CCC1=O)Nc1cccnc1C(=O)O. The minimum Gasteiger partial charge on any atom is -0.476 e. The Bertz CT molecular complexity index is 598. The molecule has 1 saturated heterocycles. The molecule has 0 saturated carbocycles. The molecule has 110 valence electrons. The second-order valence-corrected chi connectivity index (χ2v) is 4.44. The van der Waals surface area contributed by atoms with E-state index in [-0.39, 0.29) is 49.0 Å². The van der Waals surface area contributed by atoms with Crippen molar-refractivity contribution in [2.24, 2.45) is 0 Å². The van der Waals surface area contributed by atoms with Gasteiger partial charge in [-0.3, -0.25) is 19.3 Å². The van der Waals surface area contributed by atoms with E-state index in [1.165, 1.54) is 18.3 Å². The molecule has 0 atom stereocenters. The minimum absolute atomic E-state index is 0.00777. The summed E-state index contributed by atoms with van der Waals surface area (Å²) in [6.07, 6.45) is 1.56. The van der Waals surface area contributed by atoms with Crippen molar-refractivity contribution < 1.29 is 24.3 Å². The summed E-state index contributed by atoms with van der Waals surface area (Å²) < 4.78 is 0. The molecule has 0 aliphatic carbocycles. The van der Waals surface area contributed by atoms with Gasteiger partial charge < -0.3 is 10.4 Å². The van der Waals surface area contributed by atoms with Crippen molar-refractivity contribution in [3.8, 4) is 0 Å². The average Bonchev–Trinajstić information content (AvgIpc) is 2.76. The van der Waals surface area contributed by atoms with Crippen molar-refractivity contribution in [3.05, 3.63) is 24.0 Å². The van der Waals surface area contributed by atoms with E-state index in [9.17, 15) is 19.2 Å². The summed E-state index contributed by atoms with van der Waals surface area (Å²) in [5.41, 5.74) is -0.187. The van der Waals surface area contributed by atoms with Gasteiger partial charge in [-0.05, 0) is 12.1 Å². The minimum atomic E-state index is -1.25. The van der Waals surface area contributed by atoms with Gasteiger partial charge in [-0.25, -0.2) is 9.78 Å². The van der Waals surface area contributed by atoms with Crippen LogP contribution in [0.15, 0.2) is 18.3 Å². The van der Waals surface area contributed by atoms with Gasteiger partial charge in [-0.2, -0.15) is 0 Å². The van der Waals surface area contributed by atoms with Gasteiger partial charge >= 0.3 is 5.97 Å². The highest BCUT2D eigenvalue weighted by Gasteiger charge is 2.28. The Morgan fingerprint density at radius 1 is 1.29 bits per heavy atom. The molecule has 0 unspecified atom stereocenters. The monoisotopic (exact) mass is 291 g/mol. The van der Waals surface area contributed by atoms with E-state index in [0.29, 0.717) is 0 Å². The van der Waals surface area contributed by atoms with Gasteiger partial charge in [0.05, 0.1) is 5.69 Å². The predicted octanol–water partition coefficient (Wildman–Crippen LogP) is 0.257. The van der Waals surface area contributed by atoms with Crippen molar-refractivity contribution in [2.75, 3.05) is 11.9 Å². The molecule has 21 heavy (non-hydrogen) atoms. The molecule has 1 aromatic heterocycles. The summed E-state index contributed by atoms with van der Waals surface area (Å²) >= 11 is 0. The number of aromatic nitrogens is 1. The molecule has 3 amide bonds. The number of rotatable bonds is 5. The van der Waals surface area contributed by atoms with Crippen LogP contribution in [0.3, 0.4) is 0 Å². The molecule has 2 N–H and O–H groups in total. The molecule has 1 aliphatic heterocycles. The number of amides is 3. The van der Waals surface area contributed by atoms with Crippen molar-refractivity contribution in [1.82, 2.24) is 9.88 Å². The summed E-state index contributed by atoms with van der Waals surface area (Å²) in [4.78, 5) is 50.2. The van der Waals surface area contributed by atoms with Crippen LogP contribution in [-0.2, 0) is 14.4 Å². The zero-order valence-corrected chi connectivity index (χ0v) is 11.0. The average molecular weight is 291 g/mol. The first-order chi connectivity index (χ1) is 9.99. The molecule has 8 nitrogen and oxygen atoms in total. The molecule has 1 aromatic rings. The van der Waals surface area contributed by atoms with Crippen LogP contribution in [0.2, 0.25) is 0 Å². The Morgan fingerprint density at radius 3 is 2.57 bits per heavy atom. The summed E-state index contributed by atoms with van der Waals surface area (Å²) in [6.45, 7) is -0.00777. The van der Waals surface area contributed by atoms with Crippen LogP contribution >= 0.6 is 0 Å². The number of nitrogens with zero attached hydrogens (tertiary/aromatic N) is 2. The molecule has 2 heterocycles. The predicted molar refractivity (Wildman–Crippen MR) is 70.4 cm³/mol. The van der Waals surface area contributed by atoms with Gasteiger partial charge in [0, 0.05) is 32.0 Å². The standard InChI is InChI=1S/C13H13N3O5/c17-9(5-7-16-10(18)3-4-11(16)19)15-8-2-1-6-14-12(8)13(20)21/h1-2,6H,3-5,7H2,(H,15,17)(H,20,21). The van der Waals surface area contributed by atoms with Gasteiger partial charge in [-0.15, -0.1) is 0 Å². The Hall–Kier alpha value is -2.77. The summed E-state index contributed by atoms with van der Waals surface area (Å²) in [5, 5.41) is 11.4. The molecular formula is C13H13N3O5. The number of imide groups is 1. The van der Waals surface area contributed by atoms with Crippen molar-refractivity contribution >= 4 is 29.4 Å². The fourth-order valence-corrected chi connectivity index (χ4v) is 1.97. The first-order valence-corrected chi connectivity index (χ1v) is 6.30. The van der Waals surface area contributed by atoms with E-state index >= 15 is 0 Å². The fraction of sp³-hybridized carbons (Fsp3) is 0.308. The maximum Gasteiger partial charge on any atom is 0.356 e. The number of anilines is 1. The van der Waals surface area contributed by atoms with Crippen LogP contribution < -0.4 is 5.32 Å². The van der Waals surface area contributed by atoms with Gasteiger partial charge in [0.25, 0.3) is 0 Å². The van der Waals surface area contributed by atoms with Crippen LogP contribution in [0.25, 0.3) is 0 Å². The van der Waals surface area contributed by atoms with E-state index in [0.717, 1.165) is 4.90 Å². The lowest BCUT2D eigenvalue weighted by atomic mass is 10.2. The lowest BCUT2D eigenvalue weighted by Gasteiger charge is -2.13. The van der Waals surface area contributed by atoms with Crippen LogP contribution in [0.1, 0.15) is 29.8 Å². The Morgan fingerprint density at radius 2 is 1.95 bits per heavy atom. The third kappa shape index (κ3) is 3.41. The highest BCUT2D eigenvalue weighted by atomic mass is 16.4. The van der Waals surface area contributed by atoms with Crippen LogP contribution in [0.5, 0.6) is 0 Å². The number of carboxylic acids is 1. The van der Waals surface area contributed by atoms with Crippen LogP contribution in [-0.4, -0.2) is 45.2 Å². The highest BCUT2D eigenvalue weighted by Crippen LogP contribution is 2.14. The van der Waals surface area contributed by atoms with E-state index < -0.39 is 11.9 Å². The maximum atomic E-state index is 11.8. The van der Waals surface area contributed by atoms with E-state index in [1.54, 1.807) is 0 Å². The third-order valence-corrected chi connectivity index (χ3v) is 3.00. The molecule has 8 heteroatoms. The Balaban J connectivity index is 1.95. The molecule has 1 fully saturated rings. The quantitative estimate of drug-likeness (QED) is 0.751. The zero-order valence-electron chi connectivity index (χ0n) is 11.0. The summed E-state index contributed by atoms with van der Waals surface area (Å²) in [5.74, 6) is -2.32. The number of hydrogen-bond donors (Lipinski definition) is 2. The van der Waals surface area contributed by atoms with Crippen molar-refractivity contribution in [2.45, 2.75) is 19.3 Å². The maximum absolute atomic E-state index is 11.8. The van der Waals surface area contributed by atoms with Crippen molar-refractivity contribution in [3.63, 3.8) is 0 Å². The fourth-order valence-electron chi connectivity index (χ4n) is 1.97. The first kappa shape index (κ1) is 14.6. The van der Waals surface area contributed by atoms with E-state index in [1.807, 2.05) is 0 Å². The Kier molecular flexibility index (Phi) is 4.27. The number of likely N-dealkylation sites (tertiary alicyclic amines) is 1. The van der Waals surface area contributed by atoms with Gasteiger partial charge in [0.15, 0.2) is 5.69 Å². The molecule has 0 aromatic carbocycles. The number of carbonyl (C=O) groups is 4. The lowest BCUT2D eigenvalue weighted by molar-refractivity contribution is -0.138. The largest absolute Gasteiger partial charge is 0.476 e.